The van der Waals surface area contributed by atoms with E-state index in [1.165, 1.54) is 0 Å². The minimum Gasteiger partial charge on any atom is -0.488 e. The summed E-state index contributed by atoms with van der Waals surface area (Å²) in [5, 5.41) is 13.4. The third-order valence-electron chi connectivity index (χ3n) is 5.52. The molecule has 2 saturated heterocycles. The van der Waals surface area contributed by atoms with Crippen LogP contribution < -0.4 is 10.1 Å². The first-order valence-corrected chi connectivity index (χ1v) is 9.28. The topological polar surface area (TPSA) is 71.0 Å². The molecule has 3 heterocycles. The average Bonchev–Trinajstić information content (AvgIpc) is 2.64. The van der Waals surface area contributed by atoms with Gasteiger partial charge in [-0.2, -0.15) is 0 Å². The number of likely N-dealkylation sites (tertiary alicyclic amines) is 1. The largest absolute Gasteiger partial charge is 0.488 e. The predicted molar refractivity (Wildman–Crippen MR) is 93.8 cm³/mol. The first kappa shape index (κ1) is 16.8. The number of piperidine rings is 1. The Morgan fingerprint density at radius 1 is 1.20 bits per heavy atom. The molecule has 4 rings (SSSR count). The van der Waals surface area contributed by atoms with Crippen LogP contribution in [-0.4, -0.2) is 60.5 Å². The van der Waals surface area contributed by atoms with Crippen LogP contribution in [0.25, 0.3) is 0 Å². The van der Waals surface area contributed by atoms with Crippen molar-refractivity contribution in [2.45, 2.75) is 50.4 Å². The van der Waals surface area contributed by atoms with Gasteiger partial charge in [-0.25, -0.2) is 0 Å². The van der Waals surface area contributed by atoms with Crippen LogP contribution in [0.2, 0.25) is 0 Å². The summed E-state index contributed by atoms with van der Waals surface area (Å²) in [5.41, 5.74) is 1.98. The zero-order valence-corrected chi connectivity index (χ0v) is 14.4. The maximum absolute atomic E-state index is 11.4. The summed E-state index contributed by atoms with van der Waals surface area (Å²) < 4.78 is 11.5. The van der Waals surface area contributed by atoms with Gasteiger partial charge in [0.15, 0.2) is 0 Å². The van der Waals surface area contributed by atoms with Crippen LogP contribution in [0.5, 0.6) is 5.75 Å². The van der Waals surface area contributed by atoms with Gasteiger partial charge >= 0.3 is 0 Å². The summed E-state index contributed by atoms with van der Waals surface area (Å²) in [7, 11) is 0. The molecule has 25 heavy (non-hydrogen) atoms. The number of rotatable bonds is 3. The Morgan fingerprint density at radius 2 is 2.04 bits per heavy atom. The number of ether oxygens (including phenoxy) is 2. The number of β-amino-alcohol motifs (C(OH)–C–C–N with tert-alkyl or cyclic N) is 1. The zero-order chi connectivity index (χ0) is 17.2. The molecule has 0 bridgehead atoms. The van der Waals surface area contributed by atoms with Crippen molar-refractivity contribution in [1.29, 1.82) is 0 Å². The van der Waals surface area contributed by atoms with Crippen LogP contribution in [0, 0.1) is 0 Å². The van der Waals surface area contributed by atoms with E-state index >= 15 is 0 Å². The summed E-state index contributed by atoms with van der Waals surface area (Å²) in [5.74, 6) is 0.843. The molecule has 136 valence electrons. The number of aliphatic hydroxyl groups excluding tert-OH is 1. The van der Waals surface area contributed by atoms with E-state index in [-0.39, 0.29) is 12.0 Å². The van der Waals surface area contributed by atoms with Crippen molar-refractivity contribution < 1.29 is 19.4 Å². The molecule has 0 aliphatic carbocycles. The summed E-state index contributed by atoms with van der Waals surface area (Å²) in [4.78, 5) is 13.8. The van der Waals surface area contributed by atoms with Crippen LogP contribution in [0.1, 0.15) is 31.2 Å². The van der Waals surface area contributed by atoms with Crippen molar-refractivity contribution in [3.8, 4) is 5.75 Å². The van der Waals surface area contributed by atoms with Gasteiger partial charge in [-0.05, 0) is 49.4 Å². The minimum atomic E-state index is -0.479. The number of hydrogen-bond acceptors (Lipinski definition) is 5. The molecular weight excluding hydrogens is 320 g/mol. The molecule has 1 amide bonds. The number of benzene rings is 1. The second-order valence-corrected chi connectivity index (χ2v) is 7.22. The number of nitrogens with zero attached hydrogens (tertiary/aromatic N) is 1. The molecule has 0 aromatic heterocycles. The predicted octanol–water partition coefficient (Wildman–Crippen LogP) is 1.56. The zero-order valence-electron chi connectivity index (χ0n) is 14.4. The van der Waals surface area contributed by atoms with E-state index in [4.69, 9.17) is 9.47 Å². The number of amides is 1. The molecule has 3 aliphatic heterocycles. The van der Waals surface area contributed by atoms with Gasteiger partial charge in [0.1, 0.15) is 18.0 Å². The smallest absolute Gasteiger partial charge is 0.224 e. The highest BCUT2D eigenvalue weighted by atomic mass is 16.5. The number of carbonyl (C=O) groups is 1. The molecule has 0 saturated carbocycles. The number of anilines is 1. The molecule has 1 aromatic carbocycles. The Labute approximate surface area is 148 Å². The Morgan fingerprint density at radius 3 is 2.84 bits per heavy atom. The number of aliphatic hydroxyl groups is 1. The van der Waals surface area contributed by atoms with Gasteiger partial charge in [0.05, 0.1) is 0 Å². The quantitative estimate of drug-likeness (QED) is 0.869. The van der Waals surface area contributed by atoms with Gasteiger partial charge in [-0.15, -0.1) is 0 Å². The van der Waals surface area contributed by atoms with E-state index in [9.17, 15) is 9.90 Å². The van der Waals surface area contributed by atoms with E-state index in [1.807, 2.05) is 18.2 Å². The van der Waals surface area contributed by atoms with Crippen molar-refractivity contribution in [1.82, 2.24) is 4.90 Å². The fourth-order valence-corrected chi connectivity index (χ4v) is 4.06. The number of carbonyl (C=O) groups excluding carboxylic acids is 1. The van der Waals surface area contributed by atoms with Crippen LogP contribution in [0.15, 0.2) is 18.2 Å². The van der Waals surface area contributed by atoms with Crippen molar-refractivity contribution in [2.75, 3.05) is 31.6 Å². The van der Waals surface area contributed by atoms with E-state index < -0.39 is 6.10 Å². The first-order chi connectivity index (χ1) is 12.2. The van der Waals surface area contributed by atoms with Crippen LogP contribution in [0.4, 0.5) is 5.69 Å². The number of nitrogens with one attached hydrogen (secondary N) is 1. The molecule has 1 aromatic rings. The lowest BCUT2D eigenvalue weighted by Gasteiger charge is -2.41. The Kier molecular flexibility index (Phi) is 4.92. The van der Waals surface area contributed by atoms with Gasteiger partial charge in [-0.3, -0.25) is 9.69 Å². The lowest BCUT2D eigenvalue weighted by molar-refractivity contribution is -0.116. The van der Waals surface area contributed by atoms with Crippen molar-refractivity contribution in [3.05, 3.63) is 23.8 Å². The molecule has 2 fully saturated rings. The van der Waals surface area contributed by atoms with E-state index in [1.54, 1.807) is 0 Å². The first-order valence-electron chi connectivity index (χ1n) is 9.28. The molecule has 2 N–H and O–H groups in total. The van der Waals surface area contributed by atoms with Gasteiger partial charge in [-0.1, -0.05) is 0 Å². The highest BCUT2D eigenvalue weighted by Crippen LogP contribution is 2.29. The second kappa shape index (κ2) is 7.32. The average molecular weight is 346 g/mol. The summed E-state index contributed by atoms with van der Waals surface area (Å²) in [6.45, 7) is 3.26. The third-order valence-corrected chi connectivity index (χ3v) is 5.52. The lowest BCUT2D eigenvalue weighted by Crippen LogP contribution is -2.53. The summed E-state index contributed by atoms with van der Waals surface area (Å²) >= 11 is 0. The van der Waals surface area contributed by atoms with Gasteiger partial charge < -0.3 is 19.9 Å². The van der Waals surface area contributed by atoms with Crippen molar-refractivity contribution in [2.24, 2.45) is 0 Å². The standard InChI is InChI=1S/C19H26N2O4/c22-17-12-21(14-6-9-24-10-7-14)8-5-18(17)25-15-2-3-16-13(11-15)1-4-19(23)20-16/h2-3,11,14,17-18,22H,1,4-10,12H2,(H,20,23)/t17-,18-/m1/s1. The molecule has 2 atom stereocenters. The SMILES string of the molecule is O=C1CCc2cc(O[C@@H]3CCN(C4CCOCC4)C[C@H]3O)ccc2N1. The van der Waals surface area contributed by atoms with Gasteiger partial charge in [0.25, 0.3) is 0 Å². The molecule has 0 radical (unpaired) electrons. The van der Waals surface area contributed by atoms with Crippen LogP contribution in [0.3, 0.4) is 0 Å². The van der Waals surface area contributed by atoms with E-state index in [0.717, 1.165) is 62.4 Å². The molecule has 3 aliphatic rings. The second-order valence-electron chi connectivity index (χ2n) is 7.22. The van der Waals surface area contributed by atoms with E-state index in [2.05, 4.69) is 10.2 Å². The molecule has 6 heteroatoms. The fraction of sp³-hybridized carbons (Fsp3) is 0.632. The maximum atomic E-state index is 11.4. The normalized spacial score (nSPS) is 28.3. The monoisotopic (exact) mass is 346 g/mol. The molecule has 0 unspecified atom stereocenters. The summed E-state index contributed by atoms with van der Waals surface area (Å²) in [6.07, 6.45) is 3.53. The van der Waals surface area contributed by atoms with Crippen molar-refractivity contribution >= 4 is 11.6 Å². The number of aryl methyl sites for hydroxylation is 1. The highest BCUT2D eigenvalue weighted by Gasteiger charge is 2.33. The highest BCUT2D eigenvalue weighted by molar-refractivity contribution is 5.93. The number of hydrogen-bond donors (Lipinski definition) is 2. The van der Waals surface area contributed by atoms with Gasteiger partial charge in [0, 0.05) is 44.5 Å². The van der Waals surface area contributed by atoms with Crippen molar-refractivity contribution in [3.63, 3.8) is 0 Å². The third kappa shape index (κ3) is 3.81. The lowest BCUT2D eigenvalue weighted by atomic mass is 9.99. The fourth-order valence-electron chi connectivity index (χ4n) is 4.06. The Bertz CT molecular complexity index is 630. The maximum Gasteiger partial charge on any atom is 0.224 e. The summed E-state index contributed by atoms with van der Waals surface area (Å²) in [6, 6.07) is 6.29. The van der Waals surface area contributed by atoms with Crippen LogP contribution >= 0.6 is 0 Å². The van der Waals surface area contributed by atoms with E-state index in [0.29, 0.717) is 19.0 Å². The Hall–Kier alpha value is -1.63. The van der Waals surface area contributed by atoms with Crippen LogP contribution in [-0.2, 0) is 16.0 Å². The minimum absolute atomic E-state index is 0.0667. The molecular formula is C19H26N2O4. The number of fused-ring (bicyclic) bond motifs is 1. The Balaban J connectivity index is 1.36. The van der Waals surface area contributed by atoms with Gasteiger partial charge in [0.2, 0.25) is 5.91 Å². The molecule has 6 nitrogen and oxygen atoms in total. The molecule has 0 spiro atoms.